The number of amides is 1. The zero-order valence-corrected chi connectivity index (χ0v) is 19.6. The highest BCUT2D eigenvalue weighted by Gasteiger charge is 2.27. The summed E-state index contributed by atoms with van der Waals surface area (Å²) in [6, 6.07) is 10.2. The second-order valence-corrected chi connectivity index (χ2v) is 11.2. The van der Waals surface area contributed by atoms with Crippen LogP contribution < -0.4 is 5.32 Å². The smallest absolute Gasteiger partial charge is 0.243 e. The molecule has 0 spiro atoms. The first-order valence-electron chi connectivity index (χ1n) is 10.0. The lowest BCUT2D eigenvalue weighted by atomic mass is 9.97. The molecule has 1 aliphatic rings. The van der Waals surface area contributed by atoms with E-state index in [9.17, 15) is 13.2 Å². The molecule has 2 heterocycles. The van der Waals surface area contributed by atoms with Crippen molar-refractivity contribution in [2.45, 2.75) is 30.7 Å². The molecule has 2 aromatic rings. The van der Waals surface area contributed by atoms with E-state index in [-0.39, 0.29) is 23.4 Å². The van der Waals surface area contributed by atoms with E-state index in [2.05, 4.69) is 23.2 Å². The maximum absolute atomic E-state index is 12.7. The molecule has 6 nitrogen and oxygen atoms in total. The SMILES string of the molecule is CC1CCN(C(CNC(=O)CN(C)S(=O)(=O)c2ccc(Cl)cc2)c2cccs2)CC1. The number of likely N-dealkylation sites (tertiary alicyclic amines) is 1. The van der Waals surface area contributed by atoms with Crippen LogP contribution in [-0.2, 0) is 14.8 Å². The minimum atomic E-state index is -3.75. The van der Waals surface area contributed by atoms with Crippen molar-refractivity contribution in [2.24, 2.45) is 5.92 Å². The van der Waals surface area contributed by atoms with Crippen LogP contribution in [0.1, 0.15) is 30.7 Å². The van der Waals surface area contributed by atoms with Gasteiger partial charge in [0.2, 0.25) is 15.9 Å². The Morgan fingerprint density at radius 3 is 2.53 bits per heavy atom. The summed E-state index contributed by atoms with van der Waals surface area (Å²) in [5.41, 5.74) is 0. The quantitative estimate of drug-likeness (QED) is 0.641. The first-order chi connectivity index (χ1) is 14.3. The van der Waals surface area contributed by atoms with Gasteiger partial charge in [-0.25, -0.2) is 8.42 Å². The normalized spacial score (nSPS) is 17.2. The number of hydrogen-bond acceptors (Lipinski definition) is 5. The van der Waals surface area contributed by atoms with E-state index < -0.39 is 10.0 Å². The molecule has 3 rings (SSSR count). The molecule has 30 heavy (non-hydrogen) atoms. The van der Waals surface area contributed by atoms with Crippen LogP contribution in [0, 0.1) is 5.92 Å². The van der Waals surface area contributed by atoms with Gasteiger partial charge in [-0.3, -0.25) is 9.69 Å². The predicted octanol–water partition coefficient (Wildman–Crippen LogP) is 3.61. The number of halogens is 1. The summed E-state index contributed by atoms with van der Waals surface area (Å²) in [5.74, 6) is 0.411. The molecule has 0 radical (unpaired) electrons. The number of carbonyl (C=O) groups excluding carboxylic acids is 1. The number of benzene rings is 1. The molecule has 0 aliphatic carbocycles. The Morgan fingerprint density at radius 1 is 1.27 bits per heavy atom. The van der Waals surface area contributed by atoms with E-state index in [0.717, 1.165) is 36.2 Å². The number of likely N-dealkylation sites (N-methyl/N-ethyl adjacent to an activating group) is 1. The molecular formula is C21H28ClN3O3S2. The third kappa shape index (κ3) is 5.82. The molecular weight excluding hydrogens is 442 g/mol. The number of carbonyl (C=O) groups is 1. The van der Waals surface area contributed by atoms with Crippen molar-refractivity contribution in [3.05, 3.63) is 51.7 Å². The molecule has 1 aromatic carbocycles. The van der Waals surface area contributed by atoms with Crippen LogP contribution in [0.3, 0.4) is 0 Å². The minimum Gasteiger partial charge on any atom is -0.353 e. The number of hydrogen-bond donors (Lipinski definition) is 1. The van der Waals surface area contributed by atoms with Crippen molar-refractivity contribution in [2.75, 3.05) is 33.2 Å². The van der Waals surface area contributed by atoms with Gasteiger partial charge in [-0.1, -0.05) is 24.6 Å². The minimum absolute atomic E-state index is 0.111. The summed E-state index contributed by atoms with van der Waals surface area (Å²) in [5, 5.41) is 5.45. The van der Waals surface area contributed by atoms with Gasteiger partial charge in [-0.05, 0) is 67.6 Å². The highest BCUT2D eigenvalue weighted by molar-refractivity contribution is 7.89. The zero-order chi connectivity index (χ0) is 21.7. The summed E-state index contributed by atoms with van der Waals surface area (Å²) in [7, 11) is -2.34. The molecule has 1 amide bonds. The van der Waals surface area contributed by atoms with Crippen LogP contribution in [0.15, 0.2) is 46.7 Å². The molecule has 1 saturated heterocycles. The van der Waals surface area contributed by atoms with Gasteiger partial charge in [0, 0.05) is 23.5 Å². The van der Waals surface area contributed by atoms with Crippen LogP contribution in [0.2, 0.25) is 5.02 Å². The first kappa shape index (κ1) is 23.2. The number of sulfonamides is 1. The molecule has 1 N–H and O–H groups in total. The largest absolute Gasteiger partial charge is 0.353 e. The third-order valence-corrected chi connectivity index (χ3v) is 8.55. The van der Waals surface area contributed by atoms with Crippen LogP contribution in [0.4, 0.5) is 0 Å². The average molecular weight is 470 g/mol. The van der Waals surface area contributed by atoms with Gasteiger partial charge in [-0.15, -0.1) is 11.3 Å². The highest BCUT2D eigenvalue weighted by Crippen LogP contribution is 2.29. The van der Waals surface area contributed by atoms with Gasteiger partial charge in [0.1, 0.15) is 0 Å². The average Bonchev–Trinajstić information content (AvgIpc) is 3.24. The van der Waals surface area contributed by atoms with E-state index in [0.29, 0.717) is 11.6 Å². The van der Waals surface area contributed by atoms with E-state index in [1.807, 2.05) is 11.4 Å². The molecule has 0 bridgehead atoms. The van der Waals surface area contributed by atoms with E-state index in [1.54, 1.807) is 11.3 Å². The number of nitrogens with one attached hydrogen (secondary N) is 1. The van der Waals surface area contributed by atoms with Crippen molar-refractivity contribution in [1.82, 2.24) is 14.5 Å². The number of rotatable bonds is 8. The van der Waals surface area contributed by atoms with Crippen LogP contribution in [0.25, 0.3) is 0 Å². The van der Waals surface area contributed by atoms with Crippen LogP contribution >= 0.6 is 22.9 Å². The fourth-order valence-corrected chi connectivity index (χ4v) is 5.68. The van der Waals surface area contributed by atoms with Crippen LogP contribution in [0.5, 0.6) is 0 Å². The lowest BCUT2D eigenvalue weighted by Gasteiger charge is -2.36. The van der Waals surface area contributed by atoms with Gasteiger partial charge < -0.3 is 5.32 Å². The highest BCUT2D eigenvalue weighted by atomic mass is 35.5. The predicted molar refractivity (Wildman–Crippen MR) is 121 cm³/mol. The summed E-state index contributed by atoms with van der Waals surface area (Å²) >= 11 is 7.52. The standard InChI is InChI=1S/C21H28ClN3O3S2/c1-16-9-11-25(12-10-16)19(20-4-3-13-29-20)14-23-21(26)15-24(2)30(27,28)18-7-5-17(22)6-8-18/h3-8,13,16,19H,9-12,14-15H2,1-2H3,(H,23,26). The Hall–Kier alpha value is -1.45. The zero-order valence-electron chi connectivity index (χ0n) is 17.3. The summed E-state index contributed by atoms with van der Waals surface area (Å²) in [6.45, 7) is 4.51. The fraction of sp³-hybridized carbons (Fsp3) is 0.476. The molecule has 1 atom stereocenters. The Bertz CT molecular complexity index is 925. The van der Waals surface area contributed by atoms with Crippen molar-refractivity contribution in [3.63, 3.8) is 0 Å². The van der Waals surface area contributed by atoms with Crippen molar-refractivity contribution in [3.8, 4) is 0 Å². The fourth-order valence-electron chi connectivity index (χ4n) is 3.57. The second-order valence-electron chi connectivity index (χ2n) is 7.77. The maximum atomic E-state index is 12.7. The number of nitrogens with zero attached hydrogens (tertiary/aromatic N) is 2. The van der Waals surface area contributed by atoms with Crippen molar-refractivity contribution >= 4 is 38.9 Å². The summed E-state index contributed by atoms with van der Waals surface area (Å²) in [4.78, 5) is 16.3. The van der Waals surface area contributed by atoms with Gasteiger partial charge in [0.05, 0.1) is 17.5 Å². The second kappa shape index (κ2) is 10.2. The Morgan fingerprint density at radius 2 is 1.93 bits per heavy atom. The third-order valence-electron chi connectivity index (χ3n) is 5.51. The van der Waals surface area contributed by atoms with Gasteiger partial charge in [0.15, 0.2) is 0 Å². The van der Waals surface area contributed by atoms with Gasteiger partial charge >= 0.3 is 0 Å². The number of thiophene rings is 1. The lowest BCUT2D eigenvalue weighted by Crippen LogP contribution is -2.44. The summed E-state index contributed by atoms with van der Waals surface area (Å²) in [6.07, 6.45) is 2.30. The molecule has 164 valence electrons. The van der Waals surface area contributed by atoms with Gasteiger partial charge in [-0.2, -0.15) is 4.31 Å². The first-order valence-corrected chi connectivity index (χ1v) is 12.7. The van der Waals surface area contributed by atoms with E-state index in [1.165, 1.54) is 36.2 Å². The molecule has 1 fully saturated rings. The molecule has 1 aliphatic heterocycles. The molecule has 1 unspecified atom stereocenters. The maximum Gasteiger partial charge on any atom is 0.243 e. The molecule has 9 heteroatoms. The Labute approximate surface area is 187 Å². The monoisotopic (exact) mass is 469 g/mol. The van der Waals surface area contributed by atoms with Crippen molar-refractivity contribution in [1.29, 1.82) is 0 Å². The Balaban J connectivity index is 1.60. The van der Waals surface area contributed by atoms with E-state index in [4.69, 9.17) is 11.6 Å². The van der Waals surface area contributed by atoms with E-state index >= 15 is 0 Å². The van der Waals surface area contributed by atoms with Gasteiger partial charge in [0.25, 0.3) is 0 Å². The van der Waals surface area contributed by atoms with Crippen LogP contribution in [-0.4, -0.2) is 56.8 Å². The Kier molecular flexibility index (Phi) is 7.92. The molecule has 1 aromatic heterocycles. The summed E-state index contributed by atoms with van der Waals surface area (Å²) < 4.78 is 26.4. The lowest BCUT2D eigenvalue weighted by molar-refractivity contribution is -0.121. The number of piperidine rings is 1. The van der Waals surface area contributed by atoms with Crippen molar-refractivity contribution < 1.29 is 13.2 Å². The molecule has 0 saturated carbocycles. The topological polar surface area (TPSA) is 69.7 Å².